The van der Waals surface area contributed by atoms with E-state index in [1.807, 2.05) is 12.1 Å². The van der Waals surface area contributed by atoms with Crippen LogP contribution in [0.15, 0.2) is 33.9 Å². The predicted molar refractivity (Wildman–Crippen MR) is 121 cm³/mol. The van der Waals surface area contributed by atoms with Gasteiger partial charge in [0, 0.05) is 22.0 Å². The Kier molecular flexibility index (Phi) is 6.31. The molecule has 0 saturated carbocycles. The van der Waals surface area contributed by atoms with Crippen LogP contribution in [0, 0.1) is 5.41 Å². The summed E-state index contributed by atoms with van der Waals surface area (Å²) in [5.41, 5.74) is 1.29. The molecule has 0 bridgehead atoms. The van der Waals surface area contributed by atoms with Gasteiger partial charge in [-0.05, 0) is 36.1 Å². The monoisotopic (exact) mass is 477 g/mol. The van der Waals surface area contributed by atoms with E-state index in [2.05, 4.69) is 39.7 Å². The van der Waals surface area contributed by atoms with E-state index in [-0.39, 0.29) is 22.9 Å². The van der Waals surface area contributed by atoms with E-state index < -0.39 is 0 Å². The molecule has 2 heterocycles. The third-order valence-corrected chi connectivity index (χ3v) is 6.59. The van der Waals surface area contributed by atoms with Gasteiger partial charge in [-0.15, -0.1) is 21.5 Å². The highest BCUT2D eigenvalue weighted by atomic mass is 35.5. The van der Waals surface area contributed by atoms with Gasteiger partial charge in [-0.2, -0.15) is 0 Å². The lowest BCUT2D eigenvalue weighted by Gasteiger charge is -2.26. The lowest BCUT2D eigenvalue weighted by Crippen LogP contribution is -2.26. The van der Waals surface area contributed by atoms with Crippen molar-refractivity contribution in [1.82, 2.24) is 15.2 Å². The normalized spacial score (nSPS) is 14.9. The van der Waals surface area contributed by atoms with Crippen LogP contribution in [0.3, 0.4) is 0 Å². The SMILES string of the molecule is CC1(C)CC(=O)c2nc(NC(=O)CSc3nnc(CNc4ccc(Cl)cc4)o3)sc2C1. The summed E-state index contributed by atoms with van der Waals surface area (Å²) in [6.45, 7) is 4.48. The number of nitrogens with zero attached hydrogens (tertiary/aromatic N) is 3. The van der Waals surface area contributed by atoms with Crippen LogP contribution in [0.5, 0.6) is 0 Å². The topological polar surface area (TPSA) is 110 Å². The van der Waals surface area contributed by atoms with E-state index in [1.165, 1.54) is 11.3 Å². The fourth-order valence-corrected chi connectivity index (χ4v) is 5.12. The quantitative estimate of drug-likeness (QED) is 0.472. The number of aromatic nitrogens is 3. The number of thioether (sulfide) groups is 1. The van der Waals surface area contributed by atoms with Crippen LogP contribution < -0.4 is 10.6 Å². The number of ketones is 1. The van der Waals surface area contributed by atoms with Crippen molar-refractivity contribution >= 4 is 57.2 Å². The molecule has 3 aromatic rings. The number of fused-ring (bicyclic) bond motifs is 1. The van der Waals surface area contributed by atoms with Crippen molar-refractivity contribution in [1.29, 1.82) is 0 Å². The maximum absolute atomic E-state index is 12.3. The number of amides is 1. The van der Waals surface area contributed by atoms with Gasteiger partial charge < -0.3 is 15.1 Å². The van der Waals surface area contributed by atoms with Crippen LogP contribution in [0.4, 0.5) is 10.8 Å². The molecule has 31 heavy (non-hydrogen) atoms. The molecule has 2 N–H and O–H groups in total. The molecule has 1 aliphatic rings. The van der Waals surface area contributed by atoms with E-state index in [0.717, 1.165) is 28.7 Å². The van der Waals surface area contributed by atoms with Crippen molar-refractivity contribution in [3.63, 3.8) is 0 Å². The molecular weight excluding hydrogens is 458 g/mol. The number of thiazole rings is 1. The molecule has 1 aliphatic carbocycles. The van der Waals surface area contributed by atoms with Crippen LogP contribution in [-0.2, 0) is 17.8 Å². The van der Waals surface area contributed by atoms with E-state index >= 15 is 0 Å². The van der Waals surface area contributed by atoms with E-state index in [1.54, 1.807) is 12.1 Å². The van der Waals surface area contributed by atoms with Crippen LogP contribution >= 0.6 is 34.7 Å². The maximum atomic E-state index is 12.3. The number of hydrogen-bond donors (Lipinski definition) is 2. The summed E-state index contributed by atoms with van der Waals surface area (Å²) < 4.78 is 5.55. The summed E-state index contributed by atoms with van der Waals surface area (Å²) in [6, 6.07) is 7.27. The minimum Gasteiger partial charge on any atom is -0.414 e. The number of carbonyl (C=O) groups excluding carboxylic acids is 2. The van der Waals surface area contributed by atoms with Gasteiger partial charge in [0.25, 0.3) is 5.22 Å². The van der Waals surface area contributed by atoms with E-state index in [9.17, 15) is 9.59 Å². The van der Waals surface area contributed by atoms with Crippen molar-refractivity contribution in [2.24, 2.45) is 5.41 Å². The molecule has 1 amide bonds. The van der Waals surface area contributed by atoms with Crippen molar-refractivity contribution in [3.05, 3.63) is 45.7 Å². The number of hydrogen-bond acceptors (Lipinski definition) is 9. The van der Waals surface area contributed by atoms with Crippen LogP contribution in [0.1, 0.15) is 41.5 Å². The molecule has 0 fully saturated rings. The highest BCUT2D eigenvalue weighted by Crippen LogP contribution is 2.38. The number of benzene rings is 1. The second-order valence-corrected chi connectivity index (χ2v) is 10.3. The standard InChI is InChI=1S/C20H20ClN5O3S2/c1-20(2)7-13(27)17-14(8-20)31-18(24-17)23-15(28)10-30-19-26-25-16(29-19)9-22-12-5-3-11(21)4-6-12/h3-6,22H,7-10H2,1-2H3,(H,23,24,28). The first-order chi connectivity index (χ1) is 14.8. The number of Topliss-reactive ketones (excluding diaryl/α,β-unsaturated/α-hetero) is 1. The number of rotatable bonds is 7. The summed E-state index contributed by atoms with van der Waals surface area (Å²) in [6.07, 6.45) is 1.25. The average Bonchev–Trinajstić information content (AvgIpc) is 3.32. The molecule has 0 atom stereocenters. The Balaban J connectivity index is 1.27. The van der Waals surface area contributed by atoms with Gasteiger partial charge in [0.15, 0.2) is 10.9 Å². The zero-order valence-electron chi connectivity index (χ0n) is 16.9. The molecule has 8 nitrogen and oxygen atoms in total. The molecule has 1 aromatic carbocycles. The zero-order valence-corrected chi connectivity index (χ0v) is 19.3. The van der Waals surface area contributed by atoms with Crippen LogP contribution in [0.2, 0.25) is 5.02 Å². The number of anilines is 2. The smallest absolute Gasteiger partial charge is 0.277 e. The van der Waals surface area contributed by atoms with Crippen molar-refractivity contribution in [2.45, 2.75) is 38.5 Å². The highest BCUT2D eigenvalue weighted by molar-refractivity contribution is 7.99. The summed E-state index contributed by atoms with van der Waals surface area (Å²) in [4.78, 5) is 29.8. The Bertz CT molecular complexity index is 1110. The predicted octanol–water partition coefficient (Wildman–Crippen LogP) is 4.68. The average molecular weight is 478 g/mol. The highest BCUT2D eigenvalue weighted by Gasteiger charge is 2.34. The van der Waals surface area contributed by atoms with E-state index in [4.69, 9.17) is 16.0 Å². The molecule has 4 rings (SSSR count). The van der Waals surface area contributed by atoms with Crippen LogP contribution in [-0.4, -0.2) is 32.6 Å². The fourth-order valence-electron chi connectivity index (χ4n) is 3.15. The van der Waals surface area contributed by atoms with Crippen molar-refractivity contribution < 1.29 is 14.0 Å². The Morgan fingerprint density at radius 2 is 2.03 bits per heavy atom. The fraction of sp³-hybridized carbons (Fsp3) is 0.350. The first kappa shape index (κ1) is 21.8. The Labute approximate surface area is 192 Å². The second kappa shape index (κ2) is 8.97. The first-order valence-corrected chi connectivity index (χ1v) is 11.7. The third-order valence-electron chi connectivity index (χ3n) is 4.55. The van der Waals surface area contributed by atoms with Gasteiger partial charge in [-0.25, -0.2) is 4.98 Å². The minimum absolute atomic E-state index is 0.0305. The molecule has 0 aliphatic heterocycles. The lowest BCUT2D eigenvalue weighted by atomic mass is 9.78. The minimum atomic E-state index is -0.248. The molecule has 0 unspecified atom stereocenters. The van der Waals surface area contributed by atoms with E-state index in [0.29, 0.717) is 39.9 Å². The molecule has 0 radical (unpaired) electrons. The lowest BCUT2D eigenvalue weighted by molar-refractivity contribution is -0.113. The van der Waals surface area contributed by atoms with Gasteiger partial charge in [0.1, 0.15) is 5.69 Å². The Morgan fingerprint density at radius 1 is 1.26 bits per heavy atom. The molecule has 11 heteroatoms. The Hall–Kier alpha value is -2.43. The first-order valence-electron chi connectivity index (χ1n) is 9.55. The van der Waals surface area contributed by atoms with Crippen LogP contribution in [0.25, 0.3) is 0 Å². The molecule has 162 valence electrons. The number of carbonyl (C=O) groups is 2. The van der Waals surface area contributed by atoms with Gasteiger partial charge in [0.2, 0.25) is 11.8 Å². The Morgan fingerprint density at radius 3 is 2.81 bits per heavy atom. The van der Waals surface area contributed by atoms with Gasteiger partial charge in [-0.1, -0.05) is 37.2 Å². The largest absolute Gasteiger partial charge is 0.414 e. The van der Waals surface area contributed by atoms with Crippen molar-refractivity contribution in [2.75, 3.05) is 16.4 Å². The van der Waals surface area contributed by atoms with Gasteiger partial charge in [0.05, 0.1) is 12.3 Å². The summed E-state index contributed by atoms with van der Waals surface area (Å²) in [5.74, 6) is 0.284. The molecular formula is C20H20ClN5O3S2. The molecule has 2 aromatic heterocycles. The maximum Gasteiger partial charge on any atom is 0.277 e. The number of halogens is 1. The van der Waals surface area contributed by atoms with Gasteiger partial charge in [-0.3, -0.25) is 9.59 Å². The second-order valence-electron chi connectivity index (χ2n) is 7.89. The molecule has 0 saturated heterocycles. The number of nitrogens with one attached hydrogen (secondary N) is 2. The summed E-state index contributed by atoms with van der Waals surface area (Å²) in [7, 11) is 0. The van der Waals surface area contributed by atoms with Gasteiger partial charge >= 0.3 is 0 Å². The zero-order chi connectivity index (χ0) is 22.0. The summed E-state index contributed by atoms with van der Waals surface area (Å²) >= 11 is 8.36. The summed E-state index contributed by atoms with van der Waals surface area (Å²) in [5, 5.41) is 15.2. The van der Waals surface area contributed by atoms with Crippen molar-refractivity contribution in [3.8, 4) is 0 Å². The molecule has 0 spiro atoms. The third kappa shape index (κ3) is 5.63.